The van der Waals surface area contributed by atoms with Crippen molar-refractivity contribution >= 4 is 17.3 Å². The molecule has 0 heterocycles. The van der Waals surface area contributed by atoms with Crippen molar-refractivity contribution in [3.63, 3.8) is 0 Å². The Bertz CT molecular complexity index is 355. The zero-order chi connectivity index (χ0) is 10.7. The summed E-state index contributed by atoms with van der Waals surface area (Å²) in [4.78, 5) is 0. The zero-order valence-electron chi connectivity index (χ0n) is 7.18. The van der Waals surface area contributed by atoms with Crippen molar-refractivity contribution in [2.75, 3.05) is 5.73 Å². The molecule has 0 aliphatic carbocycles. The number of nitrogens with zero attached hydrogens (tertiary/aromatic N) is 1. The van der Waals surface area contributed by atoms with Gasteiger partial charge in [-0.2, -0.15) is 5.26 Å². The van der Waals surface area contributed by atoms with E-state index in [-0.39, 0.29) is 16.3 Å². The standard InChI is InChI=1S/C9H9ClN2O2/c10-5-2-1-3-6(12)8(5)9(14)7(13)4-11/h1-3,7,9,13-14H,12H2. The molecule has 0 bridgehead atoms. The molecule has 0 aliphatic heterocycles. The van der Waals surface area contributed by atoms with Crippen LogP contribution in [-0.2, 0) is 0 Å². The largest absolute Gasteiger partial charge is 0.398 e. The zero-order valence-corrected chi connectivity index (χ0v) is 7.94. The van der Waals surface area contributed by atoms with Crippen LogP contribution < -0.4 is 5.73 Å². The normalized spacial score (nSPS) is 14.4. The molecular weight excluding hydrogens is 204 g/mol. The van der Waals surface area contributed by atoms with E-state index in [2.05, 4.69) is 0 Å². The van der Waals surface area contributed by atoms with Crippen LogP contribution in [0.2, 0.25) is 5.02 Å². The van der Waals surface area contributed by atoms with Crippen molar-refractivity contribution in [3.05, 3.63) is 28.8 Å². The lowest BCUT2D eigenvalue weighted by Gasteiger charge is -2.15. The van der Waals surface area contributed by atoms with Crippen molar-refractivity contribution in [3.8, 4) is 6.07 Å². The van der Waals surface area contributed by atoms with Crippen molar-refractivity contribution in [1.82, 2.24) is 0 Å². The quantitative estimate of drug-likeness (QED) is 0.501. The van der Waals surface area contributed by atoms with E-state index >= 15 is 0 Å². The molecule has 1 aromatic rings. The Kier molecular flexibility index (Phi) is 3.31. The van der Waals surface area contributed by atoms with Gasteiger partial charge in [0, 0.05) is 16.3 Å². The summed E-state index contributed by atoms with van der Waals surface area (Å²) < 4.78 is 0. The predicted molar refractivity (Wildman–Crippen MR) is 52.4 cm³/mol. The van der Waals surface area contributed by atoms with Crippen LogP contribution in [0.5, 0.6) is 0 Å². The highest BCUT2D eigenvalue weighted by atomic mass is 35.5. The molecule has 74 valence electrons. The summed E-state index contributed by atoms with van der Waals surface area (Å²) in [6, 6.07) is 6.19. The van der Waals surface area contributed by atoms with Gasteiger partial charge < -0.3 is 15.9 Å². The number of hydrogen-bond donors (Lipinski definition) is 3. The number of aliphatic hydroxyl groups excluding tert-OH is 2. The summed E-state index contributed by atoms with van der Waals surface area (Å²) in [6.45, 7) is 0. The SMILES string of the molecule is N#CC(O)C(O)c1c(N)cccc1Cl. The van der Waals surface area contributed by atoms with Crippen LogP contribution in [0.4, 0.5) is 5.69 Å². The van der Waals surface area contributed by atoms with Gasteiger partial charge in [-0.15, -0.1) is 0 Å². The fraction of sp³-hybridized carbons (Fsp3) is 0.222. The first-order chi connectivity index (χ1) is 6.57. The minimum atomic E-state index is -1.53. The van der Waals surface area contributed by atoms with Crippen LogP contribution in [-0.4, -0.2) is 16.3 Å². The fourth-order valence-corrected chi connectivity index (χ4v) is 1.39. The molecule has 0 fully saturated rings. The van der Waals surface area contributed by atoms with Gasteiger partial charge in [-0.3, -0.25) is 0 Å². The molecule has 2 unspecified atom stereocenters. The van der Waals surface area contributed by atoms with Gasteiger partial charge in [0.15, 0.2) is 6.10 Å². The number of halogens is 1. The highest BCUT2D eigenvalue weighted by Crippen LogP contribution is 2.30. The van der Waals surface area contributed by atoms with Crippen LogP contribution in [0.1, 0.15) is 11.7 Å². The highest BCUT2D eigenvalue weighted by molar-refractivity contribution is 6.31. The number of benzene rings is 1. The minimum absolute atomic E-state index is 0.184. The molecule has 0 aliphatic rings. The molecule has 0 aromatic heterocycles. The first-order valence-corrected chi connectivity index (χ1v) is 4.25. The molecule has 0 saturated carbocycles. The van der Waals surface area contributed by atoms with Crippen molar-refractivity contribution in [2.24, 2.45) is 0 Å². The summed E-state index contributed by atoms with van der Waals surface area (Å²) in [7, 11) is 0. The Balaban J connectivity index is 3.13. The Labute approximate surface area is 86.2 Å². The summed E-state index contributed by atoms with van der Waals surface area (Å²) in [5.74, 6) is 0. The number of anilines is 1. The second-order valence-electron chi connectivity index (χ2n) is 2.76. The van der Waals surface area contributed by atoms with Crippen molar-refractivity contribution < 1.29 is 10.2 Å². The van der Waals surface area contributed by atoms with Crippen molar-refractivity contribution in [2.45, 2.75) is 12.2 Å². The van der Waals surface area contributed by atoms with Gasteiger partial charge in [0.25, 0.3) is 0 Å². The van der Waals surface area contributed by atoms with Gasteiger partial charge >= 0.3 is 0 Å². The maximum Gasteiger partial charge on any atom is 0.170 e. The summed E-state index contributed by atoms with van der Waals surface area (Å²) in [5.41, 5.74) is 5.98. The molecule has 2 atom stereocenters. The molecule has 0 saturated heterocycles. The molecule has 0 amide bonds. The molecule has 1 aromatic carbocycles. The monoisotopic (exact) mass is 212 g/mol. The number of hydrogen-bond acceptors (Lipinski definition) is 4. The van der Waals surface area contributed by atoms with Gasteiger partial charge in [-0.25, -0.2) is 0 Å². The molecule has 5 heteroatoms. The third kappa shape index (κ3) is 1.96. The van der Waals surface area contributed by atoms with Crippen LogP contribution in [0.25, 0.3) is 0 Å². The van der Waals surface area contributed by atoms with E-state index in [9.17, 15) is 5.11 Å². The third-order valence-electron chi connectivity index (χ3n) is 1.81. The Morgan fingerprint density at radius 3 is 2.57 bits per heavy atom. The van der Waals surface area contributed by atoms with Crippen molar-refractivity contribution in [1.29, 1.82) is 5.26 Å². The Hall–Kier alpha value is -1.28. The Morgan fingerprint density at radius 1 is 1.43 bits per heavy atom. The molecule has 4 N–H and O–H groups in total. The first kappa shape index (κ1) is 10.8. The maximum absolute atomic E-state index is 9.51. The van der Waals surface area contributed by atoms with Gasteiger partial charge in [0.1, 0.15) is 6.10 Å². The average Bonchev–Trinajstić information content (AvgIpc) is 2.16. The topological polar surface area (TPSA) is 90.3 Å². The van der Waals surface area contributed by atoms with Gasteiger partial charge in [0.05, 0.1) is 6.07 Å². The smallest absolute Gasteiger partial charge is 0.170 e. The van der Waals surface area contributed by atoms with Crippen LogP contribution >= 0.6 is 11.6 Å². The molecule has 0 spiro atoms. The van der Waals surface area contributed by atoms with E-state index in [4.69, 9.17) is 27.7 Å². The van der Waals surface area contributed by atoms with Gasteiger partial charge in [0.2, 0.25) is 0 Å². The van der Waals surface area contributed by atoms with E-state index in [1.54, 1.807) is 6.07 Å². The summed E-state index contributed by atoms with van der Waals surface area (Å²) in [6.07, 6.45) is -2.91. The third-order valence-corrected chi connectivity index (χ3v) is 2.14. The number of rotatable bonds is 2. The lowest BCUT2D eigenvalue weighted by atomic mass is 10.0. The van der Waals surface area contributed by atoms with E-state index in [0.717, 1.165) is 0 Å². The summed E-state index contributed by atoms with van der Waals surface area (Å²) in [5, 5.41) is 27.3. The maximum atomic E-state index is 9.51. The fourth-order valence-electron chi connectivity index (χ4n) is 1.09. The van der Waals surface area contributed by atoms with Gasteiger partial charge in [-0.1, -0.05) is 17.7 Å². The number of nitrogen functional groups attached to an aromatic ring is 1. The number of nitrogens with two attached hydrogens (primary N) is 1. The molecule has 14 heavy (non-hydrogen) atoms. The number of nitriles is 1. The highest BCUT2D eigenvalue weighted by Gasteiger charge is 2.22. The van der Waals surface area contributed by atoms with E-state index in [1.807, 2.05) is 0 Å². The first-order valence-electron chi connectivity index (χ1n) is 3.87. The molecule has 1 rings (SSSR count). The van der Waals surface area contributed by atoms with Crippen LogP contribution in [0.3, 0.4) is 0 Å². The van der Waals surface area contributed by atoms with E-state index < -0.39 is 12.2 Å². The predicted octanol–water partition coefficient (Wildman–Crippen LogP) is 0.840. The second-order valence-corrected chi connectivity index (χ2v) is 3.17. The Morgan fingerprint density at radius 2 is 2.07 bits per heavy atom. The van der Waals surface area contributed by atoms with E-state index in [0.29, 0.717) is 0 Å². The molecule has 4 nitrogen and oxygen atoms in total. The molecular formula is C9H9ClN2O2. The van der Waals surface area contributed by atoms with Gasteiger partial charge in [-0.05, 0) is 12.1 Å². The van der Waals surface area contributed by atoms with Crippen LogP contribution in [0.15, 0.2) is 18.2 Å². The minimum Gasteiger partial charge on any atom is -0.398 e. The lowest BCUT2D eigenvalue weighted by Crippen LogP contribution is -2.17. The second kappa shape index (κ2) is 4.29. The lowest BCUT2D eigenvalue weighted by molar-refractivity contribution is 0.0533. The van der Waals surface area contributed by atoms with Crippen LogP contribution in [0, 0.1) is 11.3 Å². The molecule has 0 radical (unpaired) electrons. The average molecular weight is 213 g/mol. The summed E-state index contributed by atoms with van der Waals surface area (Å²) >= 11 is 5.76. The number of aliphatic hydroxyl groups is 2. The van der Waals surface area contributed by atoms with E-state index in [1.165, 1.54) is 18.2 Å².